The third-order valence-corrected chi connectivity index (χ3v) is 7.35. The van der Waals surface area contributed by atoms with Crippen molar-refractivity contribution in [2.75, 3.05) is 0 Å². The molecule has 2 aliphatic carbocycles. The molecule has 0 nitrogen and oxygen atoms in total. The van der Waals surface area contributed by atoms with Gasteiger partial charge in [0.25, 0.3) is 0 Å². The fraction of sp³-hybridized carbons (Fsp3) is 0.556. The van der Waals surface area contributed by atoms with Gasteiger partial charge < -0.3 is 0 Å². The van der Waals surface area contributed by atoms with Gasteiger partial charge in [0.1, 0.15) is 0 Å². The largest absolute Gasteiger partial charge is 0.0625 e. The molecule has 2 aliphatic rings. The first kappa shape index (κ1) is 18.8. The first-order valence-corrected chi connectivity index (χ1v) is 11.4. The number of rotatable bonds is 4. The van der Waals surface area contributed by atoms with E-state index in [2.05, 4.69) is 62.4 Å². The summed E-state index contributed by atoms with van der Waals surface area (Å²) in [7, 11) is 0. The Labute approximate surface area is 166 Å². The molecule has 0 aliphatic heterocycles. The molecule has 144 valence electrons. The molecule has 2 aromatic carbocycles. The lowest BCUT2D eigenvalue weighted by Crippen LogP contribution is -2.14. The summed E-state index contributed by atoms with van der Waals surface area (Å²) >= 11 is 0. The van der Waals surface area contributed by atoms with Crippen LogP contribution in [-0.2, 0) is 6.42 Å². The summed E-state index contributed by atoms with van der Waals surface area (Å²) in [6.07, 6.45) is 12.5. The predicted octanol–water partition coefficient (Wildman–Crippen LogP) is 8.02. The first-order chi connectivity index (χ1) is 13.2. The van der Waals surface area contributed by atoms with Gasteiger partial charge in [0.15, 0.2) is 0 Å². The molecule has 0 aromatic heterocycles. The van der Waals surface area contributed by atoms with Crippen molar-refractivity contribution in [3.63, 3.8) is 0 Å². The van der Waals surface area contributed by atoms with E-state index in [-0.39, 0.29) is 0 Å². The second-order valence-electron chi connectivity index (χ2n) is 9.61. The lowest BCUT2D eigenvalue weighted by Gasteiger charge is -2.26. The van der Waals surface area contributed by atoms with E-state index >= 15 is 0 Å². The molecule has 27 heavy (non-hydrogen) atoms. The van der Waals surface area contributed by atoms with Crippen LogP contribution in [0.15, 0.2) is 48.5 Å². The molecular weight excluding hydrogens is 324 g/mol. The summed E-state index contributed by atoms with van der Waals surface area (Å²) in [6, 6.07) is 18.8. The highest BCUT2D eigenvalue weighted by molar-refractivity contribution is 5.64. The molecule has 0 N–H and O–H groups in total. The lowest BCUT2D eigenvalue weighted by atomic mass is 9.79. The third-order valence-electron chi connectivity index (χ3n) is 7.35. The molecule has 0 amide bonds. The zero-order chi connectivity index (χ0) is 18.6. The Morgan fingerprint density at radius 1 is 0.593 bits per heavy atom. The van der Waals surface area contributed by atoms with Gasteiger partial charge in [-0.1, -0.05) is 88.1 Å². The zero-order valence-corrected chi connectivity index (χ0v) is 17.3. The van der Waals surface area contributed by atoms with E-state index < -0.39 is 0 Å². The second kappa shape index (κ2) is 8.63. The van der Waals surface area contributed by atoms with Gasteiger partial charge in [0, 0.05) is 0 Å². The summed E-state index contributed by atoms with van der Waals surface area (Å²) in [5, 5.41) is 0. The number of benzene rings is 2. The van der Waals surface area contributed by atoms with Crippen LogP contribution in [0.5, 0.6) is 0 Å². The fourth-order valence-electron chi connectivity index (χ4n) is 5.24. The van der Waals surface area contributed by atoms with E-state index in [0.717, 1.165) is 23.7 Å². The van der Waals surface area contributed by atoms with Crippen molar-refractivity contribution in [2.24, 2.45) is 17.8 Å². The van der Waals surface area contributed by atoms with Gasteiger partial charge in [-0.3, -0.25) is 0 Å². The molecule has 4 rings (SSSR count). The van der Waals surface area contributed by atoms with Crippen LogP contribution < -0.4 is 0 Å². The minimum atomic E-state index is 0.788. The molecule has 0 spiro atoms. The van der Waals surface area contributed by atoms with Crippen LogP contribution in [0.3, 0.4) is 0 Å². The van der Waals surface area contributed by atoms with E-state index in [9.17, 15) is 0 Å². The highest BCUT2D eigenvalue weighted by atomic mass is 14.3. The molecule has 0 radical (unpaired) electrons. The standard InChI is InChI=1S/C27H36/c1-20-3-7-22(8-4-20)19-23-9-13-25(14-10-23)27-17-15-26(16-18-27)24-11-5-21(2)6-12-24/h9-10,13-18,20-22,24H,3-8,11-12,19H2,1-2H3. The Kier molecular flexibility index (Phi) is 6.01. The van der Waals surface area contributed by atoms with Crippen molar-refractivity contribution in [1.82, 2.24) is 0 Å². The normalized spacial score (nSPS) is 28.8. The number of hydrogen-bond acceptors (Lipinski definition) is 0. The van der Waals surface area contributed by atoms with Crippen LogP contribution in [0, 0.1) is 17.8 Å². The van der Waals surface area contributed by atoms with Crippen molar-refractivity contribution in [3.05, 3.63) is 59.7 Å². The quantitative estimate of drug-likeness (QED) is 0.518. The van der Waals surface area contributed by atoms with E-state index in [0.29, 0.717) is 0 Å². The smallest absolute Gasteiger partial charge is 0.0162 e. The van der Waals surface area contributed by atoms with Gasteiger partial charge in [-0.05, 0) is 78.0 Å². The van der Waals surface area contributed by atoms with Gasteiger partial charge >= 0.3 is 0 Å². The number of hydrogen-bond donors (Lipinski definition) is 0. The molecule has 0 saturated heterocycles. The minimum absolute atomic E-state index is 0.788. The average Bonchev–Trinajstić information content (AvgIpc) is 2.71. The van der Waals surface area contributed by atoms with Crippen molar-refractivity contribution >= 4 is 0 Å². The third kappa shape index (κ3) is 4.84. The monoisotopic (exact) mass is 360 g/mol. The molecule has 0 bridgehead atoms. The fourth-order valence-corrected chi connectivity index (χ4v) is 5.24. The minimum Gasteiger partial charge on any atom is -0.0625 e. The maximum atomic E-state index is 2.41. The molecule has 0 atom stereocenters. The van der Waals surface area contributed by atoms with Crippen molar-refractivity contribution < 1.29 is 0 Å². The zero-order valence-electron chi connectivity index (χ0n) is 17.3. The molecule has 2 aromatic rings. The van der Waals surface area contributed by atoms with Crippen LogP contribution in [0.2, 0.25) is 0 Å². The Balaban J connectivity index is 1.37. The Hall–Kier alpha value is -1.56. The lowest BCUT2D eigenvalue weighted by molar-refractivity contribution is 0.289. The molecular formula is C27H36. The summed E-state index contributed by atoms with van der Waals surface area (Å²) in [5.41, 5.74) is 5.79. The summed E-state index contributed by atoms with van der Waals surface area (Å²) in [5.74, 6) is 3.57. The Morgan fingerprint density at radius 2 is 1.07 bits per heavy atom. The first-order valence-electron chi connectivity index (χ1n) is 11.4. The SMILES string of the molecule is CC1CCC(Cc2ccc(-c3ccc(C4CCC(C)CC4)cc3)cc2)CC1. The van der Waals surface area contributed by atoms with Gasteiger partial charge in [0.05, 0.1) is 0 Å². The molecule has 2 saturated carbocycles. The van der Waals surface area contributed by atoms with E-state index in [4.69, 9.17) is 0 Å². The summed E-state index contributed by atoms with van der Waals surface area (Å²) < 4.78 is 0. The van der Waals surface area contributed by atoms with Gasteiger partial charge in [-0.25, -0.2) is 0 Å². The van der Waals surface area contributed by atoms with Crippen LogP contribution in [0.4, 0.5) is 0 Å². The van der Waals surface area contributed by atoms with Crippen molar-refractivity contribution in [2.45, 2.75) is 77.6 Å². The highest BCUT2D eigenvalue weighted by Crippen LogP contribution is 2.36. The van der Waals surface area contributed by atoms with Crippen LogP contribution in [-0.4, -0.2) is 0 Å². The Morgan fingerprint density at radius 3 is 1.63 bits per heavy atom. The maximum Gasteiger partial charge on any atom is -0.0162 e. The van der Waals surface area contributed by atoms with Gasteiger partial charge in [-0.2, -0.15) is 0 Å². The maximum absolute atomic E-state index is 2.41. The van der Waals surface area contributed by atoms with E-state index in [1.165, 1.54) is 74.5 Å². The van der Waals surface area contributed by atoms with E-state index in [1.54, 1.807) is 5.56 Å². The van der Waals surface area contributed by atoms with E-state index in [1.807, 2.05) is 0 Å². The second-order valence-corrected chi connectivity index (χ2v) is 9.61. The van der Waals surface area contributed by atoms with Crippen LogP contribution >= 0.6 is 0 Å². The summed E-state index contributed by atoms with van der Waals surface area (Å²) in [6.45, 7) is 4.81. The van der Waals surface area contributed by atoms with Gasteiger partial charge in [-0.15, -0.1) is 0 Å². The Bertz CT molecular complexity index is 693. The predicted molar refractivity (Wildman–Crippen MR) is 117 cm³/mol. The van der Waals surface area contributed by atoms with Crippen LogP contribution in [0.1, 0.15) is 82.3 Å². The molecule has 0 unspecified atom stereocenters. The average molecular weight is 361 g/mol. The summed E-state index contributed by atoms with van der Waals surface area (Å²) in [4.78, 5) is 0. The van der Waals surface area contributed by atoms with Crippen molar-refractivity contribution in [3.8, 4) is 11.1 Å². The highest BCUT2D eigenvalue weighted by Gasteiger charge is 2.20. The van der Waals surface area contributed by atoms with Crippen LogP contribution in [0.25, 0.3) is 11.1 Å². The van der Waals surface area contributed by atoms with Crippen molar-refractivity contribution in [1.29, 1.82) is 0 Å². The molecule has 0 heterocycles. The topological polar surface area (TPSA) is 0 Å². The molecule has 2 fully saturated rings. The molecule has 0 heteroatoms. The van der Waals surface area contributed by atoms with Gasteiger partial charge in [0.2, 0.25) is 0 Å².